The van der Waals surface area contributed by atoms with Crippen LogP contribution < -0.4 is 0 Å². The Morgan fingerprint density at radius 2 is 1.74 bits per heavy atom. The lowest BCUT2D eigenvalue weighted by Gasteiger charge is -2.26. The largest absolute Gasteiger partial charge is 0.386 e. The molecule has 0 amide bonds. The van der Waals surface area contributed by atoms with Crippen molar-refractivity contribution in [1.82, 2.24) is 0 Å². The highest BCUT2D eigenvalue weighted by atomic mass is 32.2. The maximum absolute atomic E-state index is 12.2. The molecule has 1 aliphatic carbocycles. The number of carbonyl (C=O) groups is 1. The molecule has 0 bridgehead atoms. The SMILES string of the molecule is CCCCCCCC1CCC(C(=O)OSc2ccccc2)CC1. The molecule has 0 heterocycles. The van der Waals surface area contributed by atoms with E-state index in [0.29, 0.717) is 0 Å². The van der Waals surface area contributed by atoms with Crippen LogP contribution in [0.25, 0.3) is 0 Å². The average molecular weight is 335 g/mol. The van der Waals surface area contributed by atoms with Gasteiger partial charge in [-0.15, -0.1) is 0 Å². The Kier molecular flexibility index (Phi) is 8.59. The number of unbranched alkanes of at least 4 members (excludes halogenated alkanes) is 4. The zero-order valence-electron chi connectivity index (χ0n) is 14.3. The molecule has 3 heteroatoms. The Labute approximate surface area is 145 Å². The normalized spacial score (nSPS) is 21.1. The fourth-order valence-corrected chi connectivity index (χ4v) is 3.94. The maximum atomic E-state index is 12.2. The van der Waals surface area contributed by atoms with Crippen LogP contribution in [0.3, 0.4) is 0 Å². The molecule has 2 rings (SSSR count). The zero-order valence-corrected chi connectivity index (χ0v) is 15.2. The topological polar surface area (TPSA) is 26.3 Å². The summed E-state index contributed by atoms with van der Waals surface area (Å²) >= 11 is 1.19. The van der Waals surface area contributed by atoms with Gasteiger partial charge in [-0.1, -0.05) is 63.6 Å². The second-order valence-corrected chi connectivity index (χ2v) is 7.52. The van der Waals surface area contributed by atoms with Gasteiger partial charge in [-0.3, -0.25) is 4.79 Å². The lowest BCUT2D eigenvalue weighted by Crippen LogP contribution is -2.22. The zero-order chi connectivity index (χ0) is 16.3. The van der Waals surface area contributed by atoms with Gasteiger partial charge in [-0.05, 0) is 43.7 Å². The third-order valence-electron chi connectivity index (χ3n) is 4.86. The first kappa shape index (κ1) is 18.4. The molecule has 0 radical (unpaired) electrons. The van der Waals surface area contributed by atoms with E-state index in [1.807, 2.05) is 30.3 Å². The van der Waals surface area contributed by atoms with Crippen LogP contribution >= 0.6 is 12.0 Å². The molecule has 128 valence electrons. The molecule has 0 spiro atoms. The Morgan fingerprint density at radius 3 is 2.43 bits per heavy atom. The van der Waals surface area contributed by atoms with Crippen molar-refractivity contribution in [2.24, 2.45) is 11.8 Å². The van der Waals surface area contributed by atoms with Gasteiger partial charge < -0.3 is 4.18 Å². The van der Waals surface area contributed by atoms with Gasteiger partial charge in [-0.25, -0.2) is 0 Å². The van der Waals surface area contributed by atoms with Gasteiger partial charge in [-0.2, -0.15) is 0 Å². The number of benzene rings is 1. The molecule has 0 aliphatic heterocycles. The van der Waals surface area contributed by atoms with Gasteiger partial charge in [0.15, 0.2) is 0 Å². The summed E-state index contributed by atoms with van der Waals surface area (Å²) in [5.41, 5.74) is 0. The summed E-state index contributed by atoms with van der Waals surface area (Å²) in [5, 5.41) is 0. The van der Waals surface area contributed by atoms with Gasteiger partial charge in [0.1, 0.15) is 0 Å². The number of rotatable bonds is 9. The summed E-state index contributed by atoms with van der Waals surface area (Å²) < 4.78 is 5.41. The highest BCUT2D eigenvalue weighted by molar-refractivity contribution is 7.95. The van der Waals surface area contributed by atoms with E-state index in [9.17, 15) is 4.79 Å². The van der Waals surface area contributed by atoms with Crippen molar-refractivity contribution in [3.8, 4) is 0 Å². The van der Waals surface area contributed by atoms with Crippen LogP contribution in [0.4, 0.5) is 0 Å². The van der Waals surface area contributed by atoms with Crippen molar-refractivity contribution in [1.29, 1.82) is 0 Å². The van der Waals surface area contributed by atoms with E-state index in [1.54, 1.807) is 0 Å². The summed E-state index contributed by atoms with van der Waals surface area (Å²) in [7, 11) is 0. The summed E-state index contributed by atoms with van der Waals surface area (Å²) in [6.07, 6.45) is 12.6. The predicted molar refractivity (Wildman–Crippen MR) is 97.2 cm³/mol. The highest BCUT2D eigenvalue weighted by Gasteiger charge is 2.27. The lowest BCUT2D eigenvalue weighted by atomic mass is 9.80. The quantitative estimate of drug-likeness (QED) is 0.386. The van der Waals surface area contributed by atoms with Gasteiger partial charge in [0.2, 0.25) is 0 Å². The van der Waals surface area contributed by atoms with Crippen molar-refractivity contribution in [2.75, 3.05) is 0 Å². The predicted octanol–water partition coefficient (Wildman–Crippen LogP) is 6.40. The lowest BCUT2D eigenvalue weighted by molar-refractivity contribution is -0.138. The Bertz CT molecular complexity index is 438. The second-order valence-electron chi connectivity index (χ2n) is 6.72. The summed E-state index contributed by atoms with van der Waals surface area (Å²) in [4.78, 5) is 13.2. The first-order valence-electron chi connectivity index (χ1n) is 9.23. The van der Waals surface area contributed by atoms with Crippen molar-refractivity contribution >= 4 is 18.0 Å². The summed E-state index contributed by atoms with van der Waals surface area (Å²) in [6.45, 7) is 2.26. The molecule has 2 nitrogen and oxygen atoms in total. The molecule has 1 aliphatic rings. The van der Waals surface area contributed by atoms with Gasteiger partial charge in [0, 0.05) is 4.90 Å². The molecule has 0 N–H and O–H groups in total. The molecule has 1 fully saturated rings. The van der Waals surface area contributed by atoms with E-state index in [4.69, 9.17) is 4.18 Å². The molecular formula is C20H30O2S. The van der Waals surface area contributed by atoms with Crippen LogP contribution in [0.5, 0.6) is 0 Å². The monoisotopic (exact) mass is 334 g/mol. The molecule has 1 saturated carbocycles. The Hall–Kier alpha value is -0.960. The van der Waals surface area contributed by atoms with Crippen LogP contribution in [0.1, 0.15) is 71.1 Å². The highest BCUT2D eigenvalue weighted by Crippen LogP contribution is 2.34. The number of carbonyl (C=O) groups excluding carboxylic acids is 1. The van der Waals surface area contributed by atoms with E-state index in [2.05, 4.69) is 6.92 Å². The number of hydrogen-bond donors (Lipinski definition) is 0. The average Bonchev–Trinajstić information content (AvgIpc) is 2.61. The third-order valence-corrected chi connectivity index (χ3v) is 5.57. The van der Waals surface area contributed by atoms with Crippen molar-refractivity contribution in [3.63, 3.8) is 0 Å². The number of hydrogen-bond acceptors (Lipinski definition) is 3. The fourth-order valence-electron chi connectivity index (χ4n) is 3.36. The minimum Gasteiger partial charge on any atom is -0.386 e. The molecule has 23 heavy (non-hydrogen) atoms. The smallest absolute Gasteiger partial charge is 0.321 e. The van der Waals surface area contributed by atoms with E-state index in [0.717, 1.165) is 23.7 Å². The van der Waals surface area contributed by atoms with Gasteiger partial charge in [0.05, 0.1) is 18.0 Å². The standard InChI is InChI=1S/C20H30O2S/c1-2-3-4-5-7-10-17-13-15-18(16-14-17)20(21)22-23-19-11-8-6-9-12-19/h6,8-9,11-12,17-18H,2-5,7,10,13-16H2,1H3. The Morgan fingerprint density at radius 1 is 1.04 bits per heavy atom. The van der Waals surface area contributed by atoms with Crippen LogP contribution in [-0.4, -0.2) is 5.97 Å². The molecule has 0 atom stereocenters. The molecule has 0 saturated heterocycles. The molecule has 1 aromatic rings. The van der Waals surface area contributed by atoms with Crippen molar-refractivity contribution < 1.29 is 8.98 Å². The second kappa shape index (κ2) is 10.7. The van der Waals surface area contributed by atoms with Crippen molar-refractivity contribution in [3.05, 3.63) is 30.3 Å². The first-order chi connectivity index (χ1) is 11.3. The summed E-state index contributed by atoms with van der Waals surface area (Å²) in [6, 6.07) is 9.82. The molecule has 0 aromatic heterocycles. The van der Waals surface area contributed by atoms with Gasteiger partial charge >= 0.3 is 5.97 Å². The van der Waals surface area contributed by atoms with E-state index < -0.39 is 0 Å². The van der Waals surface area contributed by atoms with Crippen LogP contribution in [0.15, 0.2) is 35.2 Å². The Balaban J connectivity index is 1.59. The minimum absolute atomic E-state index is 0.0275. The fraction of sp³-hybridized carbons (Fsp3) is 0.650. The van der Waals surface area contributed by atoms with Crippen molar-refractivity contribution in [2.45, 2.75) is 76.0 Å². The van der Waals surface area contributed by atoms with Crippen LogP contribution in [0, 0.1) is 11.8 Å². The maximum Gasteiger partial charge on any atom is 0.321 e. The molecule has 0 unspecified atom stereocenters. The first-order valence-corrected chi connectivity index (χ1v) is 9.97. The van der Waals surface area contributed by atoms with Crippen LogP contribution in [-0.2, 0) is 8.98 Å². The van der Waals surface area contributed by atoms with Gasteiger partial charge in [0.25, 0.3) is 0 Å². The van der Waals surface area contributed by atoms with Crippen LogP contribution in [0.2, 0.25) is 0 Å². The van der Waals surface area contributed by atoms with E-state index in [-0.39, 0.29) is 11.9 Å². The summed E-state index contributed by atoms with van der Waals surface area (Å²) in [5.74, 6) is 0.922. The molecular weight excluding hydrogens is 304 g/mol. The minimum atomic E-state index is -0.0275. The van der Waals surface area contributed by atoms with E-state index >= 15 is 0 Å². The molecule has 1 aromatic carbocycles. The third kappa shape index (κ3) is 6.99. The van der Waals surface area contributed by atoms with E-state index in [1.165, 1.54) is 63.4 Å².